The Kier molecular flexibility index (Phi) is 5.65. The van der Waals surface area contributed by atoms with E-state index in [4.69, 9.17) is 8.83 Å². The lowest BCUT2D eigenvalue weighted by Gasteiger charge is -2.09. The van der Waals surface area contributed by atoms with Gasteiger partial charge < -0.3 is 13.6 Å². The molecule has 32 heavy (non-hydrogen) atoms. The van der Waals surface area contributed by atoms with Gasteiger partial charge in [-0.1, -0.05) is 0 Å². The van der Waals surface area contributed by atoms with Gasteiger partial charge in [0, 0.05) is 23.8 Å². The SMILES string of the molecule is COC(=O)c1ccc(CN2C(=O)SC(=Cc3ccc(-c4ccc([N+](=O)[O-])cc4)o3)C2=O)o1. The van der Waals surface area contributed by atoms with Crippen molar-refractivity contribution in [1.29, 1.82) is 0 Å². The lowest BCUT2D eigenvalue weighted by Crippen LogP contribution is -2.27. The number of ether oxygens (including phenoxy) is 1. The van der Waals surface area contributed by atoms with Crippen LogP contribution < -0.4 is 0 Å². The fourth-order valence-corrected chi connectivity index (χ4v) is 3.75. The van der Waals surface area contributed by atoms with Crippen LogP contribution in [0, 0.1) is 10.1 Å². The molecule has 0 unspecified atom stereocenters. The van der Waals surface area contributed by atoms with Gasteiger partial charge in [0.2, 0.25) is 5.76 Å². The number of carbonyl (C=O) groups excluding carboxylic acids is 3. The van der Waals surface area contributed by atoms with E-state index in [9.17, 15) is 24.5 Å². The van der Waals surface area contributed by atoms with Gasteiger partial charge in [0.05, 0.1) is 23.5 Å². The molecule has 3 heterocycles. The molecule has 3 aromatic rings. The Labute approximate surface area is 184 Å². The van der Waals surface area contributed by atoms with Crippen LogP contribution >= 0.6 is 11.8 Å². The molecule has 1 aromatic carbocycles. The summed E-state index contributed by atoms with van der Waals surface area (Å²) in [6.45, 7) is -0.134. The number of rotatable bonds is 6. The molecule has 0 saturated carbocycles. The molecule has 0 bridgehead atoms. The van der Waals surface area contributed by atoms with Crippen molar-refractivity contribution in [3.63, 3.8) is 0 Å². The van der Waals surface area contributed by atoms with Crippen molar-refractivity contribution in [2.24, 2.45) is 0 Å². The molecule has 0 spiro atoms. The molecule has 0 aliphatic carbocycles. The van der Waals surface area contributed by atoms with E-state index in [0.29, 0.717) is 17.1 Å². The first kappa shape index (κ1) is 21.1. The minimum absolute atomic E-state index is 0.0284. The van der Waals surface area contributed by atoms with Gasteiger partial charge in [-0.25, -0.2) is 4.79 Å². The third-order valence-corrected chi connectivity index (χ3v) is 5.41. The highest BCUT2D eigenvalue weighted by Crippen LogP contribution is 2.34. The molecular weight excluding hydrogens is 440 g/mol. The van der Waals surface area contributed by atoms with Crippen LogP contribution in [0.2, 0.25) is 0 Å². The molecule has 2 amide bonds. The zero-order chi connectivity index (χ0) is 22.8. The first-order chi connectivity index (χ1) is 15.4. The third-order valence-electron chi connectivity index (χ3n) is 4.50. The normalized spacial score (nSPS) is 14.9. The maximum absolute atomic E-state index is 12.7. The summed E-state index contributed by atoms with van der Waals surface area (Å²) in [6.07, 6.45) is 1.45. The lowest BCUT2D eigenvalue weighted by molar-refractivity contribution is -0.384. The number of methoxy groups -OCH3 is 1. The van der Waals surface area contributed by atoms with Gasteiger partial charge in [-0.3, -0.25) is 24.6 Å². The van der Waals surface area contributed by atoms with E-state index in [1.54, 1.807) is 24.3 Å². The molecule has 0 radical (unpaired) electrons. The number of nitro benzene ring substituents is 1. The summed E-state index contributed by atoms with van der Waals surface area (Å²) in [7, 11) is 1.22. The maximum atomic E-state index is 12.7. The van der Waals surface area contributed by atoms with E-state index in [1.807, 2.05) is 0 Å². The zero-order valence-corrected chi connectivity index (χ0v) is 17.3. The van der Waals surface area contributed by atoms with E-state index in [1.165, 1.54) is 37.5 Å². The summed E-state index contributed by atoms with van der Waals surface area (Å²) in [5.74, 6) is -0.158. The number of carbonyl (C=O) groups is 3. The zero-order valence-electron chi connectivity index (χ0n) is 16.5. The van der Waals surface area contributed by atoms with Gasteiger partial charge >= 0.3 is 5.97 Å². The van der Waals surface area contributed by atoms with Crippen LogP contribution in [0.4, 0.5) is 10.5 Å². The Morgan fingerprint density at radius 2 is 1.88 bits per heavy atom. The first-order valence-corrected chi connectivity index (χ1v) is 9.94. The largest absolute Gasteiger partial charge is 0.463 e. The summed E-state index contributed by atoms with van der Waals surface area (Å²) in [5, 5.41) is 10.3. The molecule has 4 rings (SSSR count). The smallest absolute Gasteiger partial charge is 0.373 e. The van der Waals surface area contributed by atoms with Crippen molar-refractivity contribution >= 4 is 40.6 Å². The highest BCUT2D eigenvalue weighted by molar-refractivity contribution is 8.18. The summed E-state index contributed by atoms with van der Waals surface area (Å²) >= 11 is 0.754. The second-order valence-electron chi connectivity index (χ2n) is 6.53. The quantitative estimate of drug-likeness (QED) is 0.229. The molecule has 0 atom stereocenters. The monoisotopic (exact) mass is 454 g/mol. The average Bonchev–Trinajstić information content (AvgIpc) is 3.50. The number of imide groups is 1. The molecule has 2 aromatic heterocycles. The van der Waals surface area contributed by atoms with E-state index in [2.05, 4.69) is 4.74 Å². The van der Waals surface area contributed by atoms with Crippen molar-refractivity contribution in [1.82, 2.24) is 4.90 Å². The molecule has 0 N–H and O–H groups in total. The maximum Gasteiger partial charge on any atom is 0.373 e. The number of esters is 1. The minimum atomic E-state index is -0.660. The molecular formula is C21H14N2O8S. The fourth-order valence-electron chi connectivity index (χ4n) is 2.93. The van der Waals surface area contributed by atoms with Crippen molar-refractivity contribution in [2.45, 2.75) is 6.54 Å². The lowest BCUT2D eigenvalue weighted by atomic mass is 10.1. The van der Waals surface area contributed by atoms with Gasteiger partial charge in [-0.15, -0.1) is 0 Å². The van der Waals surface area contributed by atoms with Crippen molar-refractivity contribution in [3.8, 4) is 11.3 Å². The highest BCUT2D eigenvalue weighted by Gasteiger charge is 2.36. The molecule has 1 aliphatic heterocycles. The van der Waals surface area contributed by atoms with Gasteiger partial charge in [-0.05, 0) is 48.2 Å². The van der Waals surface area contributed by atoms with E-state index >= 15 is 0 Å². The number of non-ortho nitro benzene ring substituents is 1. The number of thioether (sulfide) groups is 1. The Bertz CT molecular complexity index is 1250. The summed E-state index contributed by atoms with van der Waals surface area (Å²) < 4.78 is 15.6. The summed E-state index contributed by atoms with van der Waals surface area (Å²) in [6, 6.07) is 12.0. The predicted octanol–water partition coefficient (Wildman–Crippen LogP) is 4.47. The fraction of sp³-hybridized carbons (Fsp3) is 0.0952. The summed E-state index contributed by atoms with van der Waals surface area (Å²) in [4.78, 5) is 47.9. The number of hydrogen-bond acceptors (Lipinski definition) is 9. The Morgan fingerprint density at radius 1 is 1.12 bits per heavy atom. The second kappa shape index (κ2) is 8.55. The number of amides is 2. The molecule has 1 fully saturated rings. The third kappa shape index (κ3) is 4.18. The van der Waals surface area contributed by atoms with Crippen LogP contribution in [0.25, 0.3) is 17.4 Å². The second-order valence-corrected chi connectivity index (χ2v) is 7.52. The highest BCUT2D eigenvalue weighted by atomic mass is 32.2. The number of benzene rings is 1. The van der Waals surface area contributed by atoms with E-state index < -0.39 is 22.0 Å². The Balaban J connectivity index is 1.49. The van der Waals surface area contributed by atoms with Crippen molar-refractivity contribution < 1.29 is 32.9 Å². The van der Waals surface area contributed by atoms with Crippen LogP contribution in [0.5, 0.6) is 0 Å². The van der Waals surface area contributed by atoms with Crippen LogP contribution in [-0.2, 0) is 16.1 Å². The molecule has 1 aliphatic rings. The first-order valence-electron chi connectivity index (χ1n) is 9.13. The standard InChI is InChI=1S/C21H14N2O8S/c1-29-20(25)17-9-7-15(31-17)11-22-19(24)18(32-21(22)26)10-14-6-8-16(30-14)12-2-4-13(5-3-12)23(27)28/h2-10H,11H2,1H3. The molecule has 162 valence electrons. The van der Waals surface area contributed by atoms with E-state index in [0.717, 1.165) is 16.7 Å². The van der Waals surface area contributed by atoms with Gasteiger partial charge in [0.25, 0.3) is 16.8 Å². The summed E-state index contributed by atoms with van der Waals surface area (Å²) in [5.41, 5.74) is 0.590. The average molecular weight is 454 g/mol. The number of nitrogens with zero attached hydrogens (tertiary/aromatic N) is 2. The van der Waals surface area contributed by atoms with Crippen LogP contribution in [0.3, 0.4) is 0 Å². The number of hydrogen-bond donors (Lipinski definition) is 0. The number of furan rings is 2. The van der Waals surface area contributed by atoms with Crippen LogP contribution in [0.1, 0.15) is 22.1 Å². The Hall–Kier alpha value is -4.12. The number of nitro groups is 1. The van der Waals surface area contributed by atoms with Gasteiger partial charge in [0.15, 0.2) is 0 Å². The van der Waals surface area contributed by atoms with Crippen molar-refractivity contribution in [2.75, 3.05) is 7.11 Å². The van der Waals surface area contributed by atoms with E-state index in [-0.39, 0.29) is 28.7 Å². The molecule has 1 saturated heterocycles. The predicted molar refractivity (Wildman–Crippen MR) is 112 cm³/mol. The Morgan fingerprint density at radius 3 is 2.56 bits per heavy atom. The van der Waals surface area contributed by atoms with Gasteiger partial charge in [0.1, 0.15) is 17.3 Å². The minimum Gasteiger partial charge on any atom is -0.463 e. The van der Waals surface area contributed by atoms with Crippen LogP contribution in [-0.4, -0.2) is 34.0 Å². The molecule has 11 heteroatoms. The van der Waals surface area contributed by atoms with Gasteiger partial charge in [-0.2, -0.15) is 0 Å². The van der Waals surface area contributed by atoms with Crippen LogP contribution in [0.15, 0.2) is 62.3 Å². The topological polar surface area (TPSA) is 133 Å². The molecule has 10 nitrogen and oxygen atoms in total. The van der Waals surface area contributed by atoms with Crippen molar-refractivity contribution in [3.05, 3.63) is 80.8 Å².